The third-order valence-electron chi connectivity index (χ3n) is 5.95. The van der Waals surface area contributed by atoms with Crippen molar-refractivity contribution in [3.05, 3.63) is 66.4 Å². The Morgan fingerprint density at radius 2 is 1.79 bits per heavy atom. The summed E-state index contributed by atoms with van der Waals surface area (Å²) in [5.74, 6) is 2.15. The van der Waals surface area contributed by atoms with Crippen LogP contribution in [0.4, 0.5) is 16.3 Å². The van der Waals surface area contributed by atoms with Crippen molar-refractivity contribution in [2.24, 2.45) is 0 Å². The summed E-state index contributed by atoms with van der Waals surface area (Å²) in [6, 6.07) is 18.7. The van der Waals surface area contributed by atoms with Gasteiger partial charge >= 0.3 is 6.09 Å². The lowest BCUT2D eigenvalue weighted by Gasteiger charge is -2.29. The molecule has 170 valence electrons. The van der Waals surface area contributed by atoms with Crippen molar-refractivity contribution in [1.29, 1.82) is 0 Å². The highest BCUT2D eigenvalue weighted by Gasteiger charge is 2.45. The highest BCUT2D eigenvalue weighted by atomic mass is 32.2. The number of benzene rings is 2. The van der Waals surface area contributed by atoms with Gasteiger partial charge in [0.1, 0.15) is 11.6 Å². The molecular formula is C25H26N4O3S. The van der Waals surface area contributed by atoms with E-state index in [1.807, 2.05) is 54.2 Å². The second kappa shape index (κ2) is 9.41. The molecule has 5 rings (SSSR count). The monoisotopic (exact) mass is 462 g/mol. The summed E-state index contributed by atoms with van der Waals surface area (Å²) < 4.78 is 10.9. The van der Waals surface area contributed by atoms with Crippen LogP contribution in [0.5, 0.6) is 5.75 Å². The molecule has 1 N–H and O–H groups in total. The van der Waals surface area contributed by atoms with Crippen LogP contribution >= 0.6 is 11.8 Å². The number of aromatic nitrogens is 2. The third-order valence-corrected chi connectivity index (χ3v) is 7.35. The molecule has 2 aliphatic rings. The van der Waals surface area contributed by atoms with E-state index in [2.05, 4.69) is 22.5 Å². The molecule has 33 heavy (non-hydrogen) atoms. The van der Waals surface area contributed by atoms with Gasteiger partial charge in [0.15, 0.2) is 5.82 Å². The molecule has 2 heterocycles. The molecule has 0 spiro atoms. The summed E-state index contributed by atoms with van der Waals surface area (Å²) in [4.78, 5) is 24.3. The van der Waals surface area contributed by atoms with Crippen molar-refractivity contribution >= 4 is 29.4 Å². The standard InChI is InChI=1S/C25H26N4O3S/c1-33-25(11-12-25)21-17-22(29-13-15-31-16-14-29)28-23(27-21)18-7-9-19(10-8-18)26-24(30)32-20-5-3-2-4-6-20/h2-10,17H,11-16H2,1H3,(H,26,30). The largest absolute Gasteiger partial charge is 0.417 e. The molecule has 1 aliphatic heterocycles. The van der Waals surface area contributed by atoms with Gasteiger partial charge in [-0.25, -0.2) is 14.8 Å². The molecule has 1 aromatic heterocycles. The van der Waals surface area contributed by atoms with E-state index in [1.54, 1.807) is 12.1 Å². The van der Waals surface area contributed by atoms with Gasteiger partial charge in [-0.05, 0) is 55.5 Å². The van der Waals surface area contributed by atoms with Crippen LogP contribution in [-0.2, 0) is 9.48 Å². The van der Waals surface area contributed by atoms with E-state index >= 15 is 0 Å². The van der Waals surface area contributed by atoms with Gasteiger partial charge in [-0.15, -0.1) is 0 Å². The van der Waals surface area contributed by atoms with Gasteiger partial charge < -0.3 is 14.4 Å². The maximum absolute atomic E-state index is 12.2. The molecule has 0 atom stereocenters. The molecule has 0 unspecified atom stereocenters. The van der Waals surface area contributed by atoms with Gasteiger partial charge in [-0.2, -0.15) is 11.8 Å². The highest BCUT2D eigenvalue weighted by molar-refractivity contribution is 7.99. The molecule has 1 aliphatic carbocycles. The Bertz CT molecular complexity index is 1110. The maximum Gasteiger partial charge on any atom is 0.417 e. The van der Waals surface area contributed by atoms with Gasteiger partial charge in [-0.1, -0.05) is 18.2 Å². The van der Waals surface area contributed by atoms with Crippen LogP contribution < -0.4 is 15.0 Å². The molecule has 3 aromatic rings. The van der Waals surface area contributed by atoms with Gasteiger partial charge in [-0.3, -0.25) is 5.32 Å². The lowest BCUT2D eigenvalue weighted by atomic mass is 10.1. The molecule has 1 saturated heterocycles. The SMILES string of the molecule is CSC1(c2cc(N3CCOCC3)nc(-c3ccc(NC(=O)Oc4ccccc4)cc3)n2)CC1. The number of anilines is 2. The third kappa shape index (κ3) is 4.96. The lowest BCUT2D eigenvalue weighted by Crippen LogP contribution is -2.37. The Kier molecular flexibility index (Phi) is 6.20. The van der Waals surface area contributed by atoms with Crippen LogP contribution in [0.15, 0.2) is 60.7 Å². The topological polar surface area (TPSA) is 76.6 Å². The first-order valence-corrected chi connectivity index (χ1v) is 12.3. The van der Waals surface area contributed by atoms with Crippen molar-refractivity contribution in [2.75, 3.05) is 42.8 Å². The van der Waals surface area contributed by atoms with Crippen molar-refractivity contribution in [1.82, 2.24) is 9.97 Å². The minimum absolute atomic E-state index is 0.0986. The Balaban J connectivity index is 1.36. The second-order valence-electron chi connectivity index (χ2n) is 8.14. The van der Waals surface area contributed by atoms with Gasteiger partial charge in [0.25, 0.3) is 0 Å². The van der Waals surface area contributed by atoms with E-state index < -0.39 is 6.09 Å². The lowest BCUT2D eigenvalue weighted by molar-refractivity contribution is 0.122. The van der Waals surface area contributed by atoms with E-state index in [9.17, 15) is 4.79 Å². The summed E-state index contributed by atoms with van der Waals surface area (Å²) in [7, 11) is 0. The predicted octanol–water partition coefficient (Wildman–Crippen LogP) is 4.94. The fraction of sp³-hybridized carbons (Fsp3) is 0.320. The number of rotatable bonds is 6. The van der Waals surface area contributed by atoms with E-state index in [-0.39, 0.29) is 4.75 Å². The molecular weight excluding hydrogens is 436 g/mol. The Labute approximate surface area is 197 Å². The van der Waals surface area contributed by atoms with Crippen molar-refractivity contribution in [2.45, 2.75) is 17.6 Å². The van der Waals surface area contributed by atoms with Crippen molar-refractivity contribution in [3.63, 3.8) is 0 Å². The molecule has 1 amide bonds. The zero-order chi connectivity index (χ0) is 22.7. The number of ether oxygens (including phenoxy) is 2. The van der Waals surface area contributed by atoms with Crippen LogP contribution in [0.1, 0.15) is 18.5 Å². The molecule has 1 saturated carbocycles. The van der Waals surface area contributed by atoms with E-state index in [0.717, 1.165) is 43.0 Å². The van der Waals surface area contributed by atoms with E-state index in [0.29, 0.717) is 30.5 Å². The number of carbonyl (C=O) groups is 1. The van der Waals surface area contributed by atoms with Crippen molar-refractivity contribution < 1.29 is 14.3 Å². The smallest absolute Gasteiger partial charge is 0.410 e. The summed E-state index contributed by atoms with van der Waals surface area (Å²) in [5.41, 5.74) is 2.65. The summed E-state index contributed by atoms with van der Waals surface area (Å²) >= 11 is 1.87. The van der Waals surface area contributed by atoms with E-state index in [1.165, 1.54) is 0 Å². The van der Waals surface area contributed by atoms with Gasteiger partial charge in [0, 0.05) is 30.4 Å². The van der Waals surface area contributed by atoms with Crippen LogP contribution in [0.25, 0.3) is 11.4 Å². The zero-order valence-corrected chi connectivity index (χ0v) is 19.3. The Morgan fingerprint density at radius 3 is 2.45 bits per heavy atom. The maximum atomic E-state index is 12.2. The minimum atomic E-state index is -0.530. The number of morpholine rings is 1. The average molecular weight is 463 g/mol. The predicted molar refractivity (Wildman–Crippen MR) is 131 cm³/mol. The fourth-order valence-corrected chi connectivity index (χ4v) is 4.70. The number of carbonyl (C=O) groups excluding carboxylic acids is 1. The minimum Gasteiger partial charge on any atom is -0.410 e. The Hall–Kier alpha value is -3.10. The molecule has 2 fully saturated rings. The number of amides is 1. The average Bonchev–Trinajstić information content (AvgIpc) is 3.67. The molecule has 2 aromatic carbocycles. The van der Waals surface area contributed by atoms with Crippen LogP contribution in [-0.4, -0.2) is 48.6 Å². The fourth-order valence-electron chi connectivity index (χ4n) is 3.87. The first-order chi connectivity index (χ1) is 16.1. The number of hydrogen-bond donors (Lipinski definition) is 1. The second-order valence-corrected chi connectivity index (χ2v) is 9.33. The molecule has 0 bridgehead atoms. The summed E-state index contributed by atoms with van der Waals surface area (Å²) in [6.07, 6.45) is 3.90. The first-order valence-electron chi connectivity index (χ1n) is 11.1. The number of para-hydroxylation sites is 1. The van der Waals surface area contributed by atoms with Gasteiger partial charge in [0.2, 0.25) is 0 Å². The molecule has 0 radical (unpaired) electrons. The van der Waals surface area contributed by atoms with Crippen LogP contribution in [0, 0.1) is 0 Å². The molecule has 7 nitrogen and oxygen atoms in total. The summed E-state index contributed by atoms with van der Waals surface area (Å²) in [5, 5.41) is 2.76. The van der Waals surface area contributed by atoms with Crippen molar-refractivity contribution in [3.8, 4) is 17.1 Å². The van der Waals surface area contributed by atoms with Crippen LogP contribution in [0.2, 0.25) is 0 Å². The zero-order valence-electron chi connectivity index (χ0n) is 18.5. The first kappa shape index (κ1) is 21.7. The normalized spacial score (nSPS) is 16.8. The highest BCUT2D eigenvalue weighted by Crippen LogP contribution is 2.55. The number of thioether (sulfide) groups is 1. The van der Waals surface area contributed by atoms with Crippen LogP contribution in [0.3, 0.4) is 0 Å². The van der Waals surface area contributed by atoms with E-state index in [4.69, 9.17) is 19.4 Å². The Morgan fingerprint density at radius 1 is 1.06 bits per heavy atom. The summed E-state index contributed by atoms with van der Waals surface area (Å²) in [6.45, 7) is 3.08. The number of nitrogens with one attached hydrogen (secondary N) is 1. The molecule has 8 heteroatoms. The number of nitrogens with zero attached hydrogens (tertiary/aromatic N) is 3. The van der Waals surface area contributed by atoms with Gasteiger partial charge in [0.05, 0.1) is 23.7 Å². The quantitative estimate of drug-likeness (QED) is 0.556. The number of hydrogen-bond acceptors (Lipinski definition) is 7.